The lowest BCUT2D eigenvalue weighted by atomic mass is 10.3. The molecule has 2 amide bonds. The first kappa shape index (κ1) is 20.6. The molecule has 0 aliphatic carbocycles. The number of carbonyl (C=O) groups is 1. The van der Waals surface area contributed by atoms with E-state index in [-0.39, 0.29) is 18.3 Å². The molecule has 1 aromatic heterocycles. The van der Waals surface area contributed by atoms with Crippen molar-refractivity contribution in [1.82, 2.24) is 20.0 Å². The molecule has 2 aromatic carbocycles. The van der Waals surface area contributed by atoms with Gasteiger partial charge in [-0.05, 0) is 30.3 Å². The Bertz CT molecular complexity index is 996. The fourth-order valence-corrected chi connectivity index (χ4v) is 2.70. The van der Waals surface area contributed by atoms with Gasteiger partial charge >= 0.3 is 6.03 Å². The maximum atomic E-state index is 13.8. The van der Waals surface area contributed by atoms with Crippen LogP contribution in [0.4, 0.5) is 13.6 Å². The van der Waals surface area contributed by atoms with Crippen molar-refractivity contribution >= 4 is 17.6 Å². The fraction of sp³-hybridized carbons (Fsp3) is 0.200. The monoisotopic (exact) mass is 420 g/mol. The number of likely N-dealkylation sites (N-methyl/N-ethyl adjacent to an activating group) is 1. The highest BCUT2D eigenvalue weighted by atomic mass is 35.5. The first-order valence-electron chi connectivity index (χ1n) is 8.78. The third-order valence-electron chi connectivity index (χ3n) is 4.07. The van der Waals surface area contributed by atoms with Gasteiger partial charge in [-0.1, -0.05) is 17.7 Å². The quantitative estimate of drug-likeness (QED) is 0.628. The SMILES string of the molecule is CN(CCOc1cccc(Cl)c1)C(=O)NCc1cnn(-c2ccc(F)cc2F)c1. The lowest BCUT2D eigenvalue weighted by Gasteiger charge is -2.18. The van der Waals surface area contributed by atoms with Crippen LogP contribution >= 0.6 is 11.6 Å². The molecule has 0 atom stereocenters. The van der Waals surface area contributed by atoms with Crippen molar-refractivity contribution in [2.45, 2.75) is 6.54 Å². The number of nitrogens with zero attached hydrogens (tertiary/aromatic N) is 3. The second kappa shape index (κ2) is 9.38. The van der Waals surface area contributed by atoms with Crippen LogP contribution in [0.25, 0.3) is 5.69 Å². The molecule has 3 rings (SSSR count). The van der Waals surface area contributed by atoms with Gasteiger partial charge in [-0.2, -0.15) is 5.10 Å². The summed E-state index contributed by atoms with van der Waals surface area (Å²) in [5, 5.41) is 7.38. The lowest BCUT2D eigenvalue weighted by molar-refractivity contribution is 0.195. The minimum absolute atomic E-state index is 0.124. The topological polar surface area (TPSA) is 59.4 Å². The van der Waals surface area contributed by atoms with Crippen LogP contribution in [-0.2, 0) is 6.54 Å². The molecule has 0 bridgehead atoms. The Kier molecular flexibility index (Phi) is 6.66. The lowest BCUT2D eigenvalue weighted by Crippen LogP contribution is -2.39. The van der Waals surface area contributed by atoms with Gasteiger partial charge in [-0.15, -0.1) is 0 Å². The molecule has 0 saturated carbocycles. The van der Waals surface area contributed by atoms with Gasteiger partial charge in [0.15, 0.2) is 5.82 Å². The van der Waals surface area contributed by atoms with E-state index in [1.165, 1.54) is 21.8 Å². The number of hydrogen-bond acceptors (Lipinski definition) is 3. The third kappa shape index (κ3) is 5.68. The molecule has 0 radical (unpaired) electrons. The van der Waals surface area contributed by atoms with Gasteiger partial charge in [-0.3, -0.25) is 0 Å². The molecule has 1 heterocycles. The molecule has 9 heteroatoms. The van der Waals surface area contributed by atoms with Gasteiger partial charge in [0.2, 0.25) is 0 Å². The minimum atomic E-state index is -0.719. The Labute approximate surface area is 171 Å². The van der Waals surface area contributed by atoms with Crippen molar-refractivity contribution in [1.29, 1.82) is 0 Å². The molecular formula is C20H19ClF2N4O2. The van der Waals surface area contributed by atoms with Crippen LogP contribution in [0.5, 0.6) is 5.75 Å². The molecule has 6 nitrogen and oxygen atoms in total. The Morgan fingerprint density at radius 2 is 2.10 bits per heavy atom. The number of rotatable bonds is 7. The van der Waals surface area contributed by atoms with E-state index in [2.05, 4.69) is 10.4 Å². The zero-order valence-electron chi connectivity index (χ0n) is 15.6. The number of hydrogen-bond donors (Lipinski definition) is 1. The van der Waals surface area contributed by atoms with Gasteiger partial charge in [0.05, 0.1) is 12.7 Å². The molecule has 29 heavy (non-hydrogen) atoms. The summed E-state index contributed by atoms with van der Waals surface area (Å²) in [6.45, 7) is 0.894. The van der Waals surface area contributed by atoms with E-state index < -0.39 is 11.6 Å². The largest absolute Gasteiger partial charge is 0.492 e. The highest BCUT2D eigenvalue weighted by molar-refractivity contribution is 6.30. The van der Waals surface area contributed by atoms with E-state index >= 15 is 0 Å². The number of urea groups is 1. The number of amides is 2. The van der Waals surface area contributed by atoms with Crippen molar-refractivity contribution in [3.05, 3.63) is 77.1 Å². The van der Waals surface area contributed by atoms with E-state index in [1.807, 2.05) is 0 Å². The van der Waals surface area contributed by atoms with Crippen molar-refractivity contribution in [3.63, 3.8) is 0 Å². The highest BCUT2D eigenvalue weighted by Crippen LogP contribution is 2.17. The number of nitrogens with one attached hydrogen (secondary N) is 1. The first-order chi connectivity index (χ1) is 13.9. The zero-order chi connectivity index (χ0) is 20.8. The first-order valence-corrected chi connectivity index (χ1v) is 9.16. The normalized spacial score (nSPS) is 10.6. The Morgan fingerprint density at radius 1 is 1.28 bits per heavy atom. The summed E-state index contributed by atoms with van der Waals surface area (Å²) in [4.78, 5) is 13.7. The molecule has 0 saturated heterocycles. The summed E-state index contributed by atoms with van der Waals surface area (Å²) in [6, 6.07) is 9.97. The molecule has 0 aliphatic rings. The summed E-state index contributed by atoms with van der Waals surface area (Å²) in [5.41, 5.74) is 0.796. The summed E-state index contributed by atoms with van der Waals surface area (Å²) in [6.07, 6.45) is 3.07. The standard InChI is InChI=1S/C20H19ClF2N4O2/c1-26(7-8-29-17-4-2-3-15(21)9-17)20(28)24-11-14-12-25-27(13-14)19-6-5-16(22)10-18(19)23/h2-6,9-10,12-13H,7-8,11H2,1H3,(H,24,28). The summed E-state index contributed by atoms with van der Waals surface area (Å²) >= 11 is 5.89. The van der Waals surface area contributed by atoms with E-state index in [1.54, 1.807) is 37.5 Å². The molecule has 0 fully saturated rings. The maximum absolute atomic E-state index is 13.8. The van der Waals surface area contributed by atoms with Crippen LogP contribution in [0, 0.1) is 11.6 Å². The average Bonchev–Trinajstić information content (AvgIpc) is 3.14. The van der Waals surface area contributed by atoms with Crippen molar-refractivity contribution < 1.29 is 18.3 Å². The molecule has 3 aromatic rings. The van der Waals surface area contributed by atoms with Gasteiger partial charge < -0.3 is 15.0 Å². The van der Waals surface area contributed by atoms with E-state index in [0.717, 1.165) is 12.1 Å². The van der Waals surface area contributed by atoms with Crippen LogP contribution in [0.3, 0.4) is 0 Å². The zero-order valence-corrected chi connectivity index (χ0v) is 16.4. The van der Waals surface area contributed by atoms with Crippen LogP contribution < -0.4 is 10.1 Å². The smallest absolute Gasteiger partial charge is 0.317 e. The second-order valence-electron chi connectivity index (χ2n) is 6.27. The fourth-order valence-electron chi connectivity index (χ4n) is 2.52. The molecule has 0 spiro atoms. The van der Waals surface area contributed by atoms with Crippen LogP contribution in [0.1, 0.15) is 5.56 Å². The predicted molar refractivity (Wildman–Crippen MR) is 105 cm³/mol. The minimum Gasteiger partial charge on any atom is -0.492 e. The molecule has 152 valence electrons. The second-order valence-corrected chi connectivity index (χ2v) is 6.71. The highest BCUT2D eigenvalue weighted by Gasteiger charge is 2.11. The van der Waals surface area contributed by atoms with Gasteiger partial charge in [0, 0.05) is 36.4 Å². The molecular weight excluding hydrogens is 402 g/mol. The van der Waals surface area contributed by atoms with Crippen molar-refractivity contribution in [3.8, 4) is 11.4 Å². The maximum Gasteiger partial charge on any atom is 0.317 e. The van der Waals surface area contributed by atoms with Gasteiger partial charge in [-0.25, -0.2) is 18.3 Å². The number of benzene rings is 2. The Hall–Kier alpha value is -3.13. The summed E-state index contributed by atoms with van der Waals surface area (Å²) in [7, 11) is 1.65. The van der Waals surface area contributed by atoms with E-state index in [9.17, 15) is 13.6 Å². The van der Waals surface area contributed by atoms with Crippen molar-refractivity contribution in [2.75, 3.05) is 20.2 Å². The molecule has 0 aliphatic heterocycles. The Balaban J connectivity index is 1.47. The number of aromatic nitrogens is 2. The van der Waals surface area contributed by atoms with Crippen molar-refractivity contribution in [2.24, 2.45) is 0 Å². The number of carbonyl (C=O) groups excluding carboxylic acids is 1. The number of ether oxygens (including phenoxy) is 1. The van der Waals surface area contributed by atoms with Crippen LogP contribution in [-0.4, -0.2) is 40.9 Å². The molecule has 0 unspecified atom stereocenters. The average molecular weight is 421 g/mol. The number of halogens is 3. The third-order valence-corrected chi connectivity index (χ3v) is 4.31. The Morgan fingerprint density at radius 3 is 2.86 bits per heavy atom. The summed E-state index contributed by atoms with van der Waals surface area (Å²) < 4.78 is 33.7. The van der Waals surface area contributed by atoms with Gasteiger partial charge in [0.25, 0.3) is 0 Å². The van der Waals surface area contributed by atoms with E-state index in [4.69, 9.17) is 16.3 Å². The predicted octanol–water partition coefficient (Wildman–Crippen LogP) is 4.02. The summed E-state index contributed by atoms with van der Waals surface area (Å²) in [5.74, 6) is -0.747. The van der Waals surface area contributed by atoms with Crippen LogP contribution in [0.15, 0.2) is 54.9 Å². The van der Waals surface area contributed by atoms with E-state index in [0.29, 0.717) is 29.5 Å². The van der Waals surface area contributed by atoms with Crippen LogP contribution in [0.2, 0.25) is 5.02 Å². The van der Waals surface area contributed by atoms with Gasteiger partial charge in [0.1, 0.15) is 23.9 Å². The molecule has 1 N–H and O–H groups in total.